The molecule has 0 saturated carbocycles. The quantitative estimate of drug-likeness (QED) is 0.261. The van der Waals surface area contributed by atoms with E-state index in [2.05, 4.69) is 18.5 Å². The van der Waals surface area contributed by atoms with Crippen LogP contribution < -0.4 is 5.32 Å². The van der Waals surface area contributed by atoms with Crippen molar-refractivity contribution in [3.8, 4) is 0 Å². The Morgan fingerprint density at radius 2 is 1.98 bits per heavy atom. The Hall–Kier alpha value is -3.50. The molecule has 1 spiro atoms. The first-order valence-corrected chi connectivity index (χ1v) is 14.3. The number of benzene rings is 1. The lowest BCUT2D eigenvalue weighted by Crippen LogP contribution is -2.57. The molecule has 2 bridgehead atoms. The van der Waals surface area contributed by atoms with Gasteiger partial charge >= 0.3 is 5.97 Å². The molecule has 41 heavy (non-hydrogen) atoms. The second-order valence-corrected chi connectivity index (χ2v) is 11.2. The summed E-state index contributed by atoms with van der Waals surface area (Å²) in [6.45, 7) is 11.2. The molecule has 0 aromatic heterocycles. The number of nitrogens with zero attached hydrogens (tertiary/aromatic N) is 2. The zero-order chi connectivity index (χ0) is 29.7. The minimum atomic E-state index is -1.19. The summed E-state index contributed by atoms with van der Waals surface area (Å²) in [5.41, 5.74) is -0.485. The molecule has 6 atom stereocenters. The van der Waals surface area contributed by atoms with Gasteiger partial charge in [0.2, 0.25) is 17.7 Å². The summed E-state index contributed by atoms with van der Waals surface area (Å²) in [4.78, 5) is 57.0. The fourth-order valence-corrected chi connectivity index (χ4v) is 6.54. The number of allylic oxidation sites excluding steroid dienone is 1. The fraction of sp³-hybridized carbons (Fsp3) is 0.548. The number of β-amino-alcohol motifs (C(OH)–C–C–N with tert-alkyl or cyclic N) is 1. The van der Waals surface area contributed by atoms with Gasteiger partial charge in [0, 0.05) is 25.6 Å². The van der Waals surface area contributed by atoms with Gasteiger partial charge in [-0.2, -0.15) is 0 Å². The monoisotopic (exact) mass is 567 g/mol. The predicted octanol–water partition coefficient (Wildman–Crippen LogP) is 2.14. The van der Waals surface area contributed by atoms with Crippen LogP contribution in [0.2, 0.25) is 0 Å². The lowest BCUT2D eigenvalue weighted by molar-refractivity contribution is -0.160. The number of rotatable bonds is 14. The molecule has 4 rings (SSSR count). The van der Waals surface area contributed by atoms with Gasteiger partial charge in [0.1, 0.15) is 17.7 Å². The Kier molecular flexibility index (Phi) is 9.65. The van der Waals surface area contributed by atoms with Gasteiger partial charge in [0.15, 0.2) is 0 Å². The van der Waals surface area contributed by atoms with E-state index in [1.807, 2.05) is 44.2 Å². The highest BCUT2D eigenvalue weighted by Crippen LogP contribution is 2.59. The highest BCUT2D eigenvalue weighted by molar-refractivity contribution is 5.98. The Balaban J connectivity index is 1.61. The number of fused-ring (bicyclic) bond motifs is 1. The lowest BCUT2D eigenvalue weighted by Gasteiger charge is -2.38. The molecule has 1 aromatic rings. The van der Waals surface area contributed by atoms with Crippen LogP contribution in [0.25, 0.3) is 0 Å². The topological polar surface area (TPSA) is 125 Å². The zero-order valence-electron chi connectivity index (χ0n) is 23.9. The molecule has 3 fully saturated rings. The standard InChI is InChI=1S/C31H41N3O7/c1-5-7-13-24(36)32-19-23(21-11-9-8-10-12-21)40-30(39)25-22-14-15-31(41-22)26(25)28(37)34(17-18-35)27(31)29(38)33(16-6-2)20(3)4/h5-6,8-12,20,22-23,25-27,35H,1-2,7,13-19H2,3-4H3,(H,32,36)/t22-,23-,25+,26+,27-,31+/m0/s1. The van der Waals surface area contributed by atoms with E-state index < -0.39 is 47.6 Å². The maximum atomic E-state index is 14.0. The summed E-state index contributed by atoms with van der Waals surface area (Å²) in [7, 11) is 0. The number of carbonyl (C=O) groups is 4. The number of aliphatic hydroxyl groups excluding tert-OH is 1. The average Bonchev–Trinajstić information content (AvgIpc) is 3.60. The van der Waals surface area contributed by atoms with Crippen LogP contribution in [0.3, 0.4) is 0 Å². The van der Waals surface area contributed by atoms with E-state index in [9.17, 15) is 24.3 Å². The van der Waals surface area contributed by atoms with E-state index in [1.54, 1.807) is 17.1 Å². The van der Waals surface area contributed by atoms with Gasteiger partial charge < -0.3 is 29.7 Å². The molecule has 0 radical (unpaired) electrons. The van der Waals surface area contributed by atoms with Crippen LogP contribution in [-0.2, 0) is 28.7 Å². The van der Waals surface area contributed by atoms with Gasteiger partial charge in [-0.05, 0) is 38.7 Å². The molecule has 3 heterocycles. The fourth-order valence-electron chi connectivity index (χ4n) is 6.54. The van der Waals surface area contributed by atoms with Crippen molar-refractivity contribution in [3.63, 3.8) is 0 Å². The largest absolute Gasteiger partial charge is 0.455 e. The molecule has 0 aliphatic carbocycles. The Labute approximate surface area is 241 Å². The van der Waals surface area contributed by atoms with Gasteiger partial charge in [0.25, 0.3) is 0 Å². The van der Waals surface area contributed by atoms with Crippen molar-refractivity contribution < 1.29 is 33.8 Å². The van der Waals surface area contributed by atoms with Crippen molar-refractivity contribution >= 4 is 23.7 Å². The van der Waals surface area contributed by atoms with Gasteiger partial charge in [-0.25, -0.2) is 0 Å². The molecule has 3 aliphatic rings. The van der Waals surface area contributed by atoms with Gasteiger partial charge in [0.05, 0.1) is 31.1 Å². The average molecular weight is 568 g/mol. The highest BCUT2D eigenvalue weighted by Gasteiger charge is 2.75. The molecule has 10 heteroatoms. The minimum absolute atomic E-state index is 0.0489. The van der Waals surface area contributed by atoms with Crippen LogP contribution in [0.1, 0.15) is 51.2 Å². The first kappa shape index (κ1) is 30.5. The smallest absolute Gasteiger partial charge is 0.313 e. The SMILES string of the molecule is C=CCCC(=O)NC[C@H](OC(=O)[C@@H]1[C@@H]2CC[C@]3(O2)[C@H](C(=O)N(CC=C)C(C)C)N(CCO)C(=O)[C@@H]13)c1ccccc1. The van der Waals surface area contributed by atoms with E-state index in [1.165, 1.54) is 4.90 Å². The van der Waals surface area contributed by atoms with Crippen LogP contribution >= 0.6 is 0 Å². The predicted molar refractivity (Wildman–Crippen MR) is 151 cm³/mol. The zero-order valence-corrected chi connectivity index (χ0v) is 23.9. The second kappa shape index (κ2) is 13.0. The normalized spacial score (nSPS) is 26.9. The number of amides is 3. The summed E-state index contributed by atoms with van der Waals surface area (Å²) in [6.07, 6.45) is 3.67. The summed E-state index contributed by atoms with van der Waals surface area (Å²) in [5.74, 6) is -3.30. The number of carbonyl (C=O) groups excluding carboxylic acids is 4. The van der Waals surface area contributed by atoms with E-state index >= 15 is 0 Å². The van der Waals surface area contributed by atoms with E-state index in [0.717, 1.165) is 0 Å². The molecule has 2 N–H and O–H groups in total. The van der Waals surface area contributed by atoms with Gasteiger partial charge in [-0.15, -0.1) is 13.2 Å². The number of nitrogens with one attached hydrogen (secondary N) is 1. The van der Waals surface area contributed by atoms with Crippen LogP contribution in [-0.4, -0.2) is 88.6 Å². The summed E-state index contributed by atoms with van der Waals surface area (Å²) < 4.78 is 12.5. The number of hydrogen-bond acceptors (Lipinski definition) is 7. The molecular formula is C31H41N3O7. The van der Waals surface area contributed by atoms with E-state index in [4.69, 9.17) is 9.47 Å². The third kappa shape index (κ3) is 5.81. The van der Waals surface area contributed by atoms with Crippen LogP contribution in [0.5, 0.6) is 0 Å². The molecule has 3 saturated heterocycles. The lowest BCUT2D eigenvalue weighted by atomic mass is 9.70. The van der Waals surface area contributed by atoms with Crippen LogP contribution in [0.4, 0.5) is 0 Å². The minimum Gasteiger partial charge on any atom is -0.455 e. The van der Waals surface area contributed by atoms with Gasteiger partial charge in [-0.3, -0.25) is 19.2 Å². The molecule has 222 valence electrons. The Morgan fingerprint density at radius 1 is 1.24 bits per heavy atom. The maximum absolute atomic E-state index is 14.0. The van der Waals surface area contributed by atoms with Crippen molar-refractivity contribution in [1.29, 1.82) is 0 Å². The molecule has 1 aromatic carbocycles. The summed E-state index contributed by atoms with van der Waals surface area (Å²) in [5, 5.41) is 12.6. The maximum Gasteiger partial charge on any atom is 0.313 e. The van der Waals surface area contributed by atoms with Gasteiger partial charge in [-0.1, -0.05) is 42.5 Å². The number of esters is 1. The number of hydrogen-bond donors (Lipinski definition) is 2. The van der Waals surface area contributed by atoms with Crippen LogP contribution in [0, 0.1) is 11.8 Å². The molecular weight excluding hydrogens is 526 g/mol. The van der Waals surface area contributed by atoms with Crippen molar-refractivity contribution in [3.05, 3.63) is 61.2 Å². The molecule has 3 aliphatic heterocycles. The first-order valence-electron chi connectivity index (χ1n) is 14.3. The van der Waals surface area contributed by atoms with Crippen molar-refractivity contribution in [2.45, 2.75) is 69.4 Å². The Morgan fingerprint density at radius 3 is 2.61 bits per heavy atom. The summed E-state index contributed by atoms with van der Waals surface area (Å²) in [6, 6.07) is 7.98. The first-order chi connectivity index (χ1) is 19.7. The van der Waals surface area contributed by atoms with Crippen molar-refractivity contribution in [1.82, 2.24) is 15.1 Å². The Bertz CT molecular complexity index is 1160. The third-order valence-electron chi connectivity index (χ3n) is 8.37. The third-order valence-corrected chi connectivity index (χ3v) is 8.37. The van der Waals surface area contributed by atoms with E-state index in [-0.39, 0.29) is 44.0 Å². The highest BCUT2D eigenvalue weighted by atomic mass is 16.6. The number of likely N-dealkylation sites (tertiary alicyclic amines) is 1. The number of ether oxygens (including phenoxy) is 2. The molecule has 10 nitrogen and oxygen atoms in total. The van der Waals surface area contributed by atoms with Crippen molar-refractivity contribution in [2.75, 3.05) is 26.2 Å². The molecule has 3 amide bonds. The van der Waals surface area contributed by atoms with Crippen molar-refractivity contribution in [2.24, 2.45) is 11.8 Å². The summed E-state index contributed by atoms with van der Waals surface area (Å²) >= 11 is 0. The molecule has 0 unspecified atom stereocenters. The second-order valence-electron chi connectivity index (χ2n) is 11.2. The van der Waals surface area contributed by atoms with Crippen LogP contribution in [0.15, 0.2) is 55.6 Å². The van der Waals surface area contributed by atoms with E-state index in [0.29, 0.717) is 31.4 Å². The number of aliphatic hydroxyl groups is 1.